The summed E-state index contributed by atoms with van der Waals surface area (Å²) in [5.74, 6) is -0.0545. The van der Waals surface area contributed by atoms with E-state index in [1.807, 2.05) is 30.3 Å². The van der Waals surface area contributed by atoms with Gasteiger partial charge in [0.15, 0.2) is 0 Å². The molecule has 0 bridgehead atoms. The number of benzene rings is 1. The monoisotopic (exact) mass is 280 g/mol. The van der Waals surface area contributed by atoms with Gasteiger partial charge >= 0.3 is 0 Å². The summed E-state index contributed by atoms with van der Waals surface area (Å²) in [5.41, 5.74) is 2.07. The minimum absolute atomic E-state index is 0.0545. The van der Waals surface area contributed by atoms with Crippen LogP contribution in [0.3, 0.4) is 0 Å². The molecule has 0 atom stereocenters. The second-order valence-corrected chi connectivity index (χ2v) is 6.82. The molecular formula is C13H16N2O3S. The van der Waals surface area contributed by atoms with Crippen LogP contribution in [0.2, 0.25) is 0 Å². The molecule has 0 amide bonds. The van der Waals surface area contributed by atoms with Gasteiger partial charge in [0.05, 0.1) is 18.0 Å². The van der Waals surface area contributed by atoms with Crippen LogP contribution in [-0.4, -0.2) is 30.2 Å². The van der Waals surface area contributed by atoms with Gasteiger partial charge in [-0.25, -0.2) is 8.42 Å². The first-order valence-corrected chi connectivity index (χ1v) is 7.97. The minimum atomic E-state index is -3.09. The van der Waals surface area contributed by atoms with Gasteiger partial charge in [-0.2, -0.15) is 0 Å². The van der Waals surface area contributed by atoms with Gasteiger partial charge in [0.2, 0.25) is 0 Å². The van der Waals surface area contributed by atoms with Crippen LogP contribution < -0.4 is 5.56 Å². The van der Waals surface area contributed by atoms with Gasteiger partial charge in [-0.3, -0.25) is 14.6 Å². The Morgan fingerprint density at radius 2 is 1.84 bits per heavy atom. The molecule has 0 fully saturated rings. The van der Waals surface area contributed by atoms with Crippen molar-refractivity contribution in [3.05, 3.63) is 46.2 Å². The molecule has 2 aromatic rings. The number of rotatable bonds is 4. The number of aromatic nitrogens is 2. The summed E-state index contributed by atoms with van der Waals surface area (Å²) in [6, 6.07) is 9.48. The maximum absolute atomic E-state index is 12.0. The Hall–Kier alpha value is -1.82. The summed E-state index contributed by atoms with van der Waals surface area (Å²) in [6.45, 7) is 1.88. The van der Waals surface area contributed by atoms with E-state index in [0.29, 0.717) is 5.56 Å². The molecule has 6 heteroatoms. The third kappa shape index (κ3) is 3.14. The SMILES string of the molecule is Cc1c(-c2ccccc2)[nH]n(CCS(C)(=O)=O)c1=O. The summed E-state index contributed by atoms with van der Waals surface area (Å²) in [4.78, 5) is 12.0. The lowest BCUT2D eigenvalue weighted by molar-refractivity contribution is 0.582. The van der Waals surface area contributed by atoms with Crippen LogP contribution in [0.25, 0.3) is 11.3 Å². The zero-order valence-electron chi connectivity index (χ0n) is 10.9. The highest BCUT2D eigenvalue weighted by molar-refractivity contribution is 7.90. The standard InChI is InChI=1S/C13H16N2O3S/c1-10-12(11-6-4-3-5-7-11)14-15(13(10)16)8-9-19(2,17)18/h3-7,14H,8-9H2,1-2H3. The van der Waals surface area contributed by atoms with Crippen molar-refractivity contribution in [3.8, 4) is 11.3 Å². The number of aromatic amines is 1. The molecule has 0 radical (unpaired) electrons. The zero-order chi connectivity index (χ0) is 14.0. The minimum Gasteiger partial charge on any atom is -0.295 e. The van der Waals surface area contributed by atoms with Crippen molar-refractivity contribution in [1.82, 2.24) is 9.78 Å². The van der Waals surface area contributed by atoms with E-state index in [-0.39, 0.29) is 17.9 Å². The second-order valence-electron chi connectivity index (χ2n) is 4.56. The fraction of sp³-hybridized carbons (Fsp3) is 0.308. The molecule has 5 nitrogen and oxygen atoms in total. The lowest BCUT2D eigenvalue weighted by Crippen LogP contribution is -2.22. The van der Waals surface area contributed by atoms with Crippen molar-refractivity contribution in [2.24, 2.45) is 0 Å². The Labute approximate surface area is 111 Å². The van der Waals surface area contributed by atoms with Gasteiger partial charge in [-0.15, -0.1) is 0 Å². The average molecular weight is 280 g/mol. The number of hydrogen-bond acceptors (Lipinski definition) is 3. The van der Waals surface area contributed by atoms with Crippen molar-refractivity contribution in [2.45, 2.75) is 13.5 Å². The average Bonchev–Trinajstić information content (AvgIpc) is 2.64. The fourth-order valence-corrected chi connectivity index (χ4v) is 2.39. The van der Waals surface area contributed by atoms with Crippen molar-refractivity contribution >= 4 is 9.84 Å². The topological polar surface area (TPSA) is 71.9 Å². The summed E-state index contributed by atoms with van der Waals surface area (Å²) < 4.78 is 23.6. The van der Waals surface area contributed by atoms with E-state index in [9.17, 15) is 13.2 Å². The smallest absolute Gasteiger partial charge is 0.270 e. The second kappa shape index (κ2) is 5.05. The van der Waals surface area contributed by atoms with Gasteiger partial charge in [0.25, 0.3) is 5.56 Å². The third-order valence-corrected chi connectivity index (χ3v) is 3.86. The van der Waals surface area contributed by atoms with Crippen LogP contribution in [0.4, 0.5) is 0 Å². The normalized spacial score (nSPS) is 11.7. The largest absolute Gasteiger partial charge is 0.295 e. The molecule has 0 aliphatic heterocycles. The summed E-state index contributed by atoms with van der Waals surface area (Å²) in [7, 11) is -3.09. The lowest BCUT2D eigenvalue weighted by Gasteiger charge is -2.01. The first-order valence-electron chi connectivity index (χ1n) is 5.91. The van der Waals surface area contributed by atoms with Crippen LogP contribution in [0.15, 0.2) is 35.1 Å². The molecular weight excluding hydrogens is 264 g/mol. The predicted octanol–water partition coefficient (Wildman–Crippen LogP) is 1.20. The van der Waals surface area contributed by atoms with E-state index in [0.717, 1.165) is 17.5 Å². The Morgan fingerprint density at radius 1 is 1.21 bits per heavy atom. The Kier molecular flexibility index (Phi) is 3.61. The predicted molar refractivity (Wildman–Crippen MR) is 74.9 cm³/mol. The number of aryl methyl sites for hydroxylation is 1. The van der Waals surface area contributed by atoms with Gasteiger partial charge in [-0.1, -0.05) is 30.3 Å². The van der Waals surface area contributed by atoms with Gasteiger partial charge in [-0.05, 0) is 12.5 Å². The van der Waals surface area contributed by atoms with Crippen molar-refractivity contribution in [2.75, 3.05) is 12.0 Å². The highest BCUT2D eigenvalue weighted by Gasteiger charge is 2.12. The molecule has 1 aromatic carbocycles. The van der Waals surface area contributed by atoms with E-state index in [1.165, 1.54) is 4.68 Å². The molecule has 0 unspecified atom stereocenters. The van der Waals surface area contributed by atoms with Crippen LogP contribution in [-0.2, 0) is 16.4 Å². The molecule has 0 saturated heterocycles. The highest BCUT2D eigenvalue weighted by atomic mass is 32.2. The summed E-state index contributed by atoms with van der Waals surface area (Å²) in [6.07, 6.45) is 1.16. The lowest BCUT2D eigenvalue weighted by atomic mass is 10.1. The zero-order valence-corrected chi connectivity index (χ0v) is 11.7. The van der Waals surface area contributed by atoms with Gasteiger partial charge in [0.1, 0.15) is 9.84 Å². The van der Waals surface area contributed by atoms with Crippen molar-refractivity contribution in [3.63, 3.8) is 0 Å². The van der Waals surface area contributed by atoms with Crippen LogP contribution >= 0.6 is 0 Å². The maximum Gasteiger partial charge on any atom is 0.270 e. The fourth-order valence-electron chi connectivity index (χ4n) is 1.88. The first kappa shape index (κ1) is 13.6. The van der Waals surface area contributed by atoms with E-state index in [4.69, 9.17) is 0 Å². The Morgan fingerprint density at radius 3 is 2.42 bits per heavy atom. The van der Waals surface area contributed by atoms with Crippen molar-refractivity contribution < 1.29 is 8.42 Å². The molecule has 1 heterocycles. The molecule has 0 spiro atoms. The van der Waals surface area contributed by atoms with Crippen molar-refractivity contribution in [1.29, 1.82) is 0 Å². The first-order chi connectivity index (χ1) is 8.88. The number of nitrogens with one attached hydrogen (secondary N) is 1. The molecule has 2 rings (SSSR count). The van der Waals surface area contributed by atoms with Crippen LogP contribution in [0.5, 0.6) is 0 Å². The molecule has 19 heavy (non-hydrogen) atoms. The Balaban J connectivity index is 2.37. The number of sulfone groups is 1. The molecule has 1 aromatic heterocycles. The Bertz CT molecular complexity index is 727. The van der Waals surface area contributed by atoms with Gasteiger partial charge in [0, 0.05) is 11.8 Å². The van der Waals surface area contributed by atoms with E-state index in [1.54, 1.807) is 6.92 Å². The quantitative estimate of drug-likeness (QED) is 0.914. The van der Waals surface area contributed by atoms with E-state index >= 15 is 0 Å². The third-order valence-electron chi connectivity index (χ3n) is 2.94. The highest BCUT2D eigenvalue weighted by Crippen LogP contribution is 2.18. The van der Waals surface area contributed by atoms with E-state index in [2.05, 4.69) is 5.10 Å². The summed E-state index contributed by atoms with van der Waals surface area (Å²) >= 11 is 0. The summed E-state index contributed by atoms with van der Waals surface area (Å²) in [5, 5.41) is 2.98. The number of H-pyrrole nitrogens is 1. The maximum atomic E-state index is 12.0. The molecule has 0 aliphatic rings. The number of nitrogens with zero attached hydrogens (tertiary/aromatic N) is 1. The molecule has 0 aliphatic carbocycles. The molecule has 0 saturated carbocycles. The van der Waals surface area contributed by atoms with Crippen LogP contribution in [0.1, 0.15) is 5.56 Å². The van der Waals surface area contributed by atoms with Gasteiger partial charge < -0.3 is 0 Å². The van der Waals surface area contributed by atoms with E-state index < -0.39 is 9.84 Å². The molecule has 102 valence electrons. The molecule has 1 N–H and O–H groups in total. The number of hydrogen-bond donors (Lipinski definition) is 1. The van der Waals surface area contributed by atoms with Crippen LogP contribution in [0, 0.1) is 6.92 Å².